The summed E-state index contributed by atoms with van der Waals surface area (Å²) in [6, 6.07) is 10.4. The van der Waals surface area contributed by atoms with E-state index < -0.39 is 0 Å². The fourth-order valence-electron chi connectivity index (χ4n) is 1.68. The van der Waals surface area contributed by atoms with Crippen LogP contribution in [-0.2, 0) is 0 Å². The predicted octanol–water partition coefficient (Wildman–Crippen LogP) is 2.83. The zero-order chi connectivity index (χ0) is 9.86. The molecule has 0 heterocycles. The fourth-order valence-corrected chi connectivity index (χ4v) is 1.68. The van der Waals surface area contributed by atoms with Gasteiger partial charge in [-0.3, -0.25) is 0 Å². The monoisotopic (exact) mass is 187 g/mol. The Kier molecular flexibility index (Phi) is 2.69. The second kappa shape index (κ2) is 3.97. The molecule has 0 spiro atoms. The molecule has 1 aliphatic rings. The number of benzene rings is 1. The molecule has 1 saturated carbocycles. The van der Waals surface area contributed by atoms with E-state index in [4.69, 9.17) is 5.73 Å². The average Bonchev–Trinajstić information content (AvgIpc) is 3.00. The Morgan fingerprint density at radius 2 is 1.93 bits per heavy atom. The maximum absolute atomic E-state index is 5.71. The van der Waals surface area contributed by atoms with Gasteiger partial charge in [-0.1, -0.05) is 42.5 Å². The molecule has 74 valence electrons. The molecule has 14 heavy (non-hydrogen) atoms. The van der Waals surface area contributed by atoms with E-state index in [1.54, 1.807) is 0 Å². The first-order chi connectivity index (χ1) is 6.85. The third kappa shape index (κ3) is 2.24. The fraction of sp³-hybridized carbons (Fsp3) is 0.385. The van der Waals surface area contributed by atoms with E-state index in [0.29, 0.717) is 5.41 Å². The number of allylic oxidation sites excluding steroid dienone is 1. The Balaban J connectivity index is 1.89. The molecule has 2 rings (SSSR count). The lowest BCUT2D eigenvalue weighted by atomic mass is 10.0. The Morgan fingerprint density at radius 3 is 2.50 bits per heavy atom. The van der Waals surface area contributed by atoms with Gasteiger partial charge in [0.05, 0.1) is 0 Å². The first kappa shape index (κ1) is 9.47. The summed E-state index contributed by atoms with van der Waals surface area (Å²) in [6.07, 6.45) is 8.20. The lowest BCUT2D eigenvalue weighted by molar-refractivity contribution is 0.534. The van der Waals surface area contributed by atoms with Gasteiger partial charge in [0.1, 0.15) is 0 Å². The molecule has 0 saturated heterocycles. The molecule has 1 aliphatic carbocycles. The Bertz CT molecular complexity index is 309. The molecule has 0 bridgehead atoms. The van der Waals surface area contributed by atoms with Crippen molar-refractivity contribution in [2.24, 2.45) is 11.1 Å². The van der Waals surface area contributed by atoms with Crippen molar-refractivity contribution < 1.29 is 0 Å². The third-order valence-electron chi connectivity index (χ3n) is 3.05. The van der Waals surface area contributed by atoms with E-state index in [2.05, 4.69) is 36.4 Å². The van der Waals surface area contributed by atoms with E-state index in [9.17, 15) is 0 Å². The molecule has 0 amide bonds. The summed E-state index contributed by atoms with van der Waals surface area (Å²) < 4.78 is 0. The van der Waals surface area contributed by atoms with E-state index in [1.165, 1.54) is 18.4 Å². The molecule has 0 aliphatic heterocycles. The molecule has 1 aromatic rings. The molecule has 2 N–H and O–H groups in total. The number of nitrogens with two attached hydrogens (primary N) is 1. The largest absolute Gasteiger partial charge is 0.330 e. The minimum atomic E-state index is 0.464. The molecular formula is C13H17N. The van der Waals surface area contributed by atoms with E-state index in [-0.39, 0.29) is 0 Å². The summed E-state index contributed by atoms with van der Waals surface area (Å²) in [5.74, 6) is 0. The van der Waals surface area contributed by atoms with Crippen LogP contribution in [0.25, 0.3) is 6.08 Å². The molecule has 0 atom stereocenters. The van der Waals surface area contributed by atoms with Crippen molar-refractivity contribution in [2.45, 2.75) is 19.3 Å². The summed E-state index contributed by atoms with van der Waals surface area (Å²) in [5, 5.41) is 0. The SMILES string of the molecule is NCC1(C/C=C/c2ccccc2)CC1. The molecule has 1 heteroatoms. The van der Waals surface area contributed by atoms with Crippen molar-refractivity contribution in [2.75, 3.05) is 6.54 Å². The standard InChI is InChI=1S/C13H17N/c14-11-13(9-10-13)8-4-7-12-5-2-1-3-6-12/h1-7H,8-11,14H2/b7-4+. The van der Waals surface area contributed by atoms with Gasteiger partial charge in [0, 0.05) is 0 Å². The average molecular weight is 187 g/mol. The molecule has 1 nitrogen and oxygen atoms in total. The minimum Gasteiger partial charge on any atom is -0.330 e. The van der Waals surface area contributed by atoms with Crippen molar-refractivity contribution in [1.29, 1.82) is 0 Å². The summed E-state index contributed by atoms with van der Waals surface area (Å²) in [7, 11) is 0. The van der Waals surface area contributed by atoms with Crippen LogP contribution in [0.4, 0.5) is 0 Å². The van der Waals surface area contributed by atoms with Crippen LogP contribution in [0.2, 0.25) is 0 Å². The second-order valence-electron chi connectivity index (χ2n) is 4.22. The summed E-state index contributed by atoms with van der Waals surface area (Å²) >= 11 is 0. The van der Waals surface area contributed by atoms with Crippen LogP contribution < -0.4 is 5.73 Å². The van der Waals surface area contributed by atoms with Crippen LogP contribution in [-0.4, -0.2) is 6.54 Å². The van der Waals surface area contributed by atoms with Crippen molar-refractivity contribution in [3.63, 3.8) is 0 Å². The van der Waals surface area contributed by atoms with Crippen LogP contribution in [0.5, 0.6) is 0 Å². The van der Waals surface area contributed by atoms with Gasteiger partial charge in [0.2, 0.25) is 0 Å². The van der Waals surface area contributed by atoms with E-state index in [0.717, 1.165) is 13.0 Å². The van der Waals surface area contributed by atoms with Gasteiger partial charge in [-0.05, 0) is 36.8 Å². The molecule has 0 radical (unpaired) electrons. The molecule has 0 unspecified atom stereocenters. The van der Waals surface area contributed by atoms with E-state index in [1.807, 2.05) is 6.07 Å². The highest BCUT2D eigenvalue weighted by Gasteiger charge is 2.39. The number of rotatable bonds is 4. The van der Waals surface area contributed by atoms with Crippen LogP contribution in [0, 0.1) is 5.41 Å². The Labute approximate surface area is 85.6 Å². The van der Waals surface area contributed by atoms with Crippen molar-refractivity contribution in [1.82, 2.24) is 0 Å². The van der Waals surface area contributed by atoms with Gasteiger partial charge in [-0.25, -0.2) is 0 Å². The summed E-state index contributed by atoms with van der Waals surface area (Å²) in [5.41, 5.74) is 7.46. The normalized spacial score (nSPS) is 18.6. The summed E-state index contributed by atoms with van der Waals surface area (Å²) in [4.78, 5) is 0. The highest BCUT2D eigenvalue weighted by molar-refractivity contribution is 5.48. The molecule has 0 aromatic heterocycles. The first-order valence-corrected chi connectivity index (χ1v) is 5.26. The highest BCUT2D eigenvalue weighted by Crippen LogP contribution is 2.47. The van der Waals surface area contributed by atoms with Crippen LogP contribution >= 0.6 is 0 Å². The van der Waals surface area contributed by atoms with Gasteiger partial charge in [-0.15, -0.1) is 0 Å². The van der Waals surface area contributed by atoms with Crippen molar-refractivity contribution in [3.8, 4) is 0 Å². The lowest BCUT2D eigenvalue weighted by Gasteiger charge is -2.07. The van der Waals surface area contributed by atoms with Gasteiger partial charge in [0.15, 0.2) is 0 Å². The second-order valence-corrected chi connectivity index (χ2v) is 4.22. The third-order valence-corrected chi connectivity index (χ3v) is 3.05. The topological polar surface area (TPSA) is 26.0 Å². The molecule has 1 fully saturated rings. The number of hydrogen-bond acceptors (Lipinski definition) is 1. The quantitative estimate of drug-likeness (QED) is 0.770. The highest BCUT2D eigenvalue weighted by atomic mass is 14.6. The van der Waals surface area contributed by atoms with Crippen LogP contribution in [0.3, 0.4) is 0 Å². The maximum atomic E-state index is 5.71. The van der Waals surface area contributed by atoms with Crippen LogP contribution in [0.15, 0.2) is 36.4 Å². The predicted molar refractivity (Wildman–Crippen MR) is 60.8 cm³/mol. The minimum absolute atomic E-state index is 0.464. The van der Waals surface area contributed by atoms with Gasteiger partial charge < -0.3 is 5.73 Å². The van der Waals surface area contributed by atoms with E-state index >= 15 is 0 Å². The maximum Gasteiger partial charge on any atom is -0.00176 e. The Hall–Kier alpha value is -1.08. The van der Waals surface area contributed by atoms with Crippen LogP contribution in [0.1, 0.15) is 24.8 Å². The van der Waals surface area contributed by atoms with Crippen molar-refractivity contribution in [3.05, 3.63) is 42.0 Å². The lowest BCUT2D eigenvalue weighted by Crippen LogP contribution is -2.13. The summed E-state index contributed by atoms with van der Waals surface area (Å²) in [6.45, 7) is 0.839. The number of hydrogen-bond donors (Lipinski definition) is 1. The van der Waals surface area contributed by atoms with Gasteiger partial charge >= 0.3 is 0 Å². The van der Waals surface area contributed by atoms with Gasteiger partial charge in [0.25, 0.3) is 0 Å². The first-order valence-electron chi connectivity index (χ1n) is 5.26. The Morgan fingerprint density at radius 1 is 1.21 bits per heavy atom. The zero-order valence-corrected chi connectivity index (χ0v) is 8.45. The van der Waals surface area contributed by atoms with Crippen molar-refractivity contribution >= 4 is 6.08 Å². The van der Waals surface area contributed by atoms with Gasteiger partial charge in [-0.2, -0.15) is 0 Å². The molecule has 1 aromatic carbocycles. The molecular weight excluding hydrogens is 170 g/mol. The smallest absolute Gasteiger partial charge is 0.00176 e. The zero-order valence-electron chi connectivity index (χ0n) is 8.45.